The van der Waals surface area contributed by atoms with Crippen molar-refractivity contribution in [1.82, 2.24) is 0 Å². The third kappa shape index (κ3) is 3.33. The van der Waals surface area contributed by atoms with E-state index in [9.17, 15) is 8.42 Å². The SMILES string of the molecule is CC(C)CCSC1=N[C@@H]2CS(=O)(=O)C[C@@H]2N1c1ccc2c(c1)OCO2. The molecule has 0 saturated carbocycles. The Morgan fingerprint density at radius 1 is 1.28 bits per heavy atom. The number of thioether (sulfide) groups is 1. The van der Waals surface area contributed by atoms with Gasteiger partial charge < -0.3 is 14.4 Å². The van der Waals surface area contributed by atoms with Gasteiger partial charge in [0.05, 0.1) is 23.6 Å². The highest BCUT2D eigenvalue weighted by molar-refractivity contribution is 8.14. The van der Waals surface area contributed by atoms with E-state index in [1.165, 1.54) is 0 Å². The normalized spacial score (nSPS) is 26.2. The van der Waals surface area contributed by atoms with Gasteiger partial charge in [-0.15, -0.1) is 0 Å². The number of hydrogen-bond acceptors (Lipinski definition) is 7. The zero-order valence-corrected chi connectivity index (χ0v) is 16.0. The molecule has 6 nitrogen and oxygen atoms in total. The summed E-state index contributed by atoms with van der Waals surface area (Å²) in [5.41, 5.74) is 0.921. The Labute approximate surface area is 152 Å². The third-order valence-corrected chi connectivity index (χ3v) is 7.37. The van der Waals surface area contributed by atoms with Gasteiger partial charge in [-0.2, -0.15) is 0 Å². The summed E-state index contributed by atoms with van der Waals surface area (Å²) < 4.78 is 35.0. The zero-order chi connectivity index (χ0) is 17.6. The Morgan fingerprint density at radius 3 is 2.88 bits per heavy atom. The molecule has 136 valence electrons. The van der Waals surface area contributed by atoms with Gasteiger partial charge in [-0.3, -0.25) is 4.99 Å². The van der Waals surface area contributed by atoms with E-state index in [0.29, 0.717) is 11.7 Å². The van der Waals surface area contributed by atoms with Gasteiger partial charge in [0.1, 0.15) is 0 Å². The first-order chi connectivity index (χ1) is 11.9. The number of benzene rings is 1. The second-order valence-electron chi connectivity index (χ2n) is 7.06. The monoisotopic (exact) mass is 382 g/mol. The number of ether oxygens (including phenoxy) is 2. The van der Waals surface area contributed by atoms with Gasteiger partial charge in [-0.25, -0.2) is 8.42 Å². The molecule has 2 atom stereocenters. The molecule has 0 unspecified atom stereocenters. The lowest BCUT2D eigenvalue weighted by atomic mass is 10.1. The molecule has 3 heterocycles. The highest BCUT2D eigenvalue weighted by Gasteiger charge is 2.47. The number of sulfone groups is 1. The molecule has 3 aliphatic heterocycles. The summed E-state index contributed by atoms with van der Waals surface area (Å²) in [7, 11) is -3.03. The van der Waals surface area contributed by atoms with Gasteiger partial charge in [-0.1, -0.05) is 25.6 Å². The first-order valence-corrected chi connectivity index (χ1v) is 11.3. The van der Waals surface area contributed by atoms with E-state index in [0.717, 1.165) is 28.8 Å². The van der Waals surface area contributed by atoms with Crippen LogP contribution < -0.4 is 14.4 Å². The summed E-state index contributed by atoms with van der Waals surface area (Å²) in [5, 5.41) is 0.921. The maximum atomic E-state index is 12.1. The lowest BCUT2D eigenvalue weighted by Crippen LogP contribution is -2.39. The molecule has 0 N–H and O–H groups in total. The van der Waals surface area contributed by atoms with Gasteiger partial charge in [0.25, 0.3) is 0 Å². The van der Waals surface area contributed by atoms with Crippen molar-refractivity contribution in [3.8, 4) is 11.5 Å². The van der Waals surface area contributed by atoms with Crippen LogP contribution in [0.3, 0.4) is 0 Å². The van der Waals surface area contributed by atoms with Gasteiger partial charge in [0.15, 0.2) is 26.5 Å². The minimum atomic E-state index is -3.03. The van der Waals surface area contributed by atoms with E-state index in [-0.39, 0.29) is 30.4 Å². The Hall–Kier alpha value is -1.41. The Morgan fingerprint density at radius 2 is 2.08 bits per heavy atom. The Kier molecular flexibility index (Phi) is 4.35. The molecular formula is C17H22N2O4S2. The summed E-state index contributed by atoms with van der Waals surface area (Å²) in [6.45, 7) is 4.63. The number of rotatable bonds is 4. The predicted molar refractivity (Wildman–Crippen MR) is 101 cm³/mol. The minimum Gasteiger partial charge on any atom is -0.454 e. The quantitative estimate of drug-likeness (QED) is 0.797. The average molecular weight is 383 g/mol. The summed E-state index contributed by atoms with van der Waals surface area (Å²) in [6.07, 6.45) is 1.10. The summed E-state index contributed by atoms with van der Waals surface area (Å²) in [4.78, 5) is 6.83. The standard InChI is InChI=1S/C17H22N2O4S2/c1-11(2)5-6-24-17-18-13-8-25(20,21)9-14(13)19(17)12-3-4-15-16(7-12)23-10-22-15/h3-4,7,11,13-14H,5-6,8-10H2,1-2H3/t13-,14+/m1/s1. The summed E-state index contributed by atoms with van der Waals surface area (Å²) in [5.74, 6) is 3.34. The zero-order valence-electron chi connectivity index (χ0n) is 14.3. The molecular weight excluding hydrogens is 360 g/mol. The first kappa shape index (κ1) is 17.0. The molecule has 1 saturated heterocycles. The van der Waals surface area contributed by atoms with E-state index in [1.807, 2.05) is 18.2 Å². The molecule has 0 bridgehead atoms. The van der Waals surface area contributed by atoms with E-state index in [2.05, 4.69) is 18.7 Å². The lowest BCUT2D eigenvalue weighted by Gasteiger charge is -2.26. The van der Waals surface area contributed by atoms with E-state index in [4.69, 9.17) is 14.5 Å². The van der Waals surface area contributed by atoms with Gasteiger partial charge in [0.2, 0.25) is 6.79 Å². The fourth-order valence-electron chi connectivity index (χ4n) is 3.36. The number of nitrogens with zero attached hydrogens (tertiary/aromatic N) is 2. The second kappa shape index (κ2) is 6.39. The maximum absolute atomic E-state index is 12.1. The van der Waals surface area contributed by atoms with Crippen molar-refractivity contribution in [3.05, 3.63) is 18.2 Å². The molecule has 0 aliphatic carbocycles. The van der Waals surface area contributed by atoms with Crippen LogP contribution in [0.5, 0.6) is 11.5 Å². The van der Waals surface area contributed by atoms with Gasteiger partial charge >= 0.3 is 0 Å². The summed E-state index contributed by atoms with van der Waals surface area (Å²) >= 11 is 1.71. The lowest BCUT2D eigenvalue weighted by molar-refractivity contribution is 0.174. The van der Waals surface area contributed by atoms with Crippen molar-refractivity contribution in [1.29, 1.82) is 0 Å². The van der Waals surface area contributed by atoms with E-state index < -0.39 is 9.84 Å². The molecule has 0 radical (unpaired) electrons. The van der Waals surface area contributed by atoms with Crippen LogP contribution >= 0.6 is 11.8 Å². The molecule has 8 heteroatoms. The highest BCUT2D eigenvalue weighted by atomic mass is 32.2. The molecule has 0 amide bonds. The topological polar surface area (TPSA) is 68.2 Å². The van der Waals surface area contributed by atoms with Gasteiger partial charge in [-0.05, 0) is 24.5 Å². The van der Waals surface area contributed by atoms with Crippen LogP contribution in [0.15, 0.2) is 23.2 Å². The van der Waals surface area contributed by atoms with Crippen molar-refractivity contribution in [2.24, 2.45) is 10.9 Å². The number of aliphatic imine (C=N–C) groups is 1. The fraction of sp³-hybridized carbons (Fsp3) is 0.588. The van der Waals surface area contributed by atoms with Crippen molar-refractivity contribution >= 4 is 32.5 Å². The third-order valence-electron chi connectivity index (χ3n) is 4.67. The van der Waals surface area contributed by atoms with Crippen LogP contribution in [0.1, 0.15) is 20.3 Å². The number of hydrogen-bond donors (Lipinski definition) is 0. The van der Waals surface area contributed by atoms with Crippen molar-refractivity contribution in [2.75, 3.05) is 29.0 Å². The summed E-state index contributed by atoms with van der Waals surface area (Å²) in [6, 6.07) is 5.47. The van der Waals surface area contributed by atoms with Crippen LogP contribution in [0.25, 0.3) is 0 Å². The predicted octanol–water partition coefficient (Wildman–Crippen LogP) is 2.54. The number of amidine groups is 1. The molecule has 0 spiro atoms. The van der Waals surface area contributed by atoms with Crippen molar-refractivity contribution in [2.45, 2.75) is 32.4 Å². The molecule has 4 rings (SSSR count). The van der Waals surface area contributed by atoms with Crippen LogP contribution in [0.4, 0.5) is 5.69 Å². The minimum absolute atomic E-state index is 0.119. The average Bonchev–Trinajstić information content (AvgIpc) is 3.17. The largest absolute Gasteiger partial charge is 0.454 e. The van der Waals surface area contributed by atoms with Crippen LogP contribution in [-0.4, -0.2) is 49.7 Å². The Bertz CT molecular complexity index is 807. The smallest absolute Gasteiger partial charge is 0.231 e. The molecule has 1 aromatic carbocycles. The molecule has 3 aliphatic rings. The maximum Gasteiger partial charge on any atom is 0.231 e. The highest BCUT2D eigenvalue weighted by Crippen LogP contribution is 2.40. The fourth-order valence-corrected chi connectivity index (χ4v) is 6.56. The van der Waals surface area contributed by atoms with E-state index in [1.54, 1.807) is 11.8 Å². The number of fused-ring (bicyclic) bond motifs is 2. The van der Waals surface area contributed by atoms with Crippen molar-refractivity contribution in [3.63, 3.8) is 0 Å². The second-order valence-corrected chi connectivity index (χ2v) is 10.3. The first-order valence-electron chi connectivity index (χ1n) is 8.53. The number of anilines is 1. The molecule has 1 aromatic rings. The molecule has 1 fully saturated rings. The molecule has 0 aromatic heterocycles. The van der Waals surface area contributed by atoms with Gasteiger partial charge in [0, 0.05) is 17.5 Å². The Balaban J connectivity index is 1.62. The van der Waals surface area contributed by atoms with E-state index >= 15 is 0 Å². The van der Waals surface area contributed by atoms with Crippen LogP contribution in [-0.2, 0) is 9.84 Å². The molecule has 25 heavy (non-hydrogen) atoms. The van der Waals surface area contributed by atoms with Crippen molar-refractivity contribution < 1.29 is 17.9 Å². The van der Waals surface area contributed by atoms with Crippen LogP contribution in [0.2, 0.25) is 0 Å². The van der Waals surface area contributed by atoms with Crippen LogP contribution in [0, 0.1) is 5.92 Å².